The van der Waals surface area contributed by atoms with Gasteiger partial charge in [-0.3, -0.25) is 9.36 Å². The van der Waals surface area contributed by atoms with Gasteiger partial charge < -0.3 is 19.4 Å². The zero-order chi connectivity index (χ0) is 16.3. The first kappa shape index (κ1) is 16.5. The van der Waals surface area contributed by atoms with E-state index in [0.717, 1.165) is 13.0 Å². The molecule has 1 aromatic heterocycles. The molecule has 6 nitrogen and oxygen atoms in total. The van der Waals surface area contributed by atoms with Crippen LogP contribution in [0.4, 0.5) is 0 Å². The number of methoxy groups -OCH3 is 2. The molecule has 0 bridgehead atoms. The summed E-state index contributed by atoms with van der Waals surface area (Å²) in [5, 5.41) is 0.538. The largest absolute Gasteiger partial charge is 0.493 e. The van der Waals surface area contributed by atoms with Gasteiger partial charge >= 0.3 is 0 Å². The minimum absolute atomic E-state index is 0.113. The summed E-state index contributed by atoms with van der Waals surface area (Å²) in [5.74, 6) is 1.09. The lowest BCUT2D eigenvalue weighted by molar-refractivity contribution is 0.355. The smallest absolute Gasteiger partial charge is 0.262 e. The first-order chi connectivity index (χ1) is 10.5. The molecule has 2 aromatic rings. The zero-order valence-electron chi connectivity index (χ0n) is 13.3. The van der Waals surface area contributed by atoms with Crippen molar-refractivity contribution in [2.45, 2.75) is 13.0 Å². The van der Waals surface area contributed by atoms with Gasteiger partial charge in [0.05, 0.1) is 25.1 Å². The summed E-state index contributed by atoms with van der Waals surface area (Å²) in [5.41, 5.74) is 0.537. The van der Waals surface area contributed by atoms with Crippen molar-refractivity contribution in [3.63, 3.8) is 0 Å². The van der Waals surface area contributed by atoms with Crippen molar-refractivity contribution >= 4 is 23.1 Å². The molecular formula is C15H21N3O3S. The number of fused-ring (bicyclic) bond motifs is 1. The number of H-pyrrole nitrogens is 1. The molecule has 0 atom stereocenters. The van der Waals surface area contributed by atoms with Gasteiger partial charge in [0.1, 0.15) is 0 Å². The van der Waals surface area contributed by atoms with Gasteiger partial charge in [-0.25, -0.2) is 0 Å². The Bertz CT molecular complexity index is 780. The monoisotopic (exact) mass is 323 g/mol. The molecule has 0 spiro atoms. The Kier molecular flexibility index (Phi) is 5.20. The van der Waals surface area contributed by atoms with Crippen LogP contribution in [-0.2, 0) is 6.54 Å². The van der Waals surface area contributed by atoms with Crippen LogP contribution < -0.4 is 15.0 Å². The Balaban J connectivity index is 2.52. The average molecular weight is 323 g/mol. The summed E-state index contributed by atoms with van der Waals surface area (Å²) in [7, 11) is 7.10. The van der Waals surface area contributed by atoms with Crippen LogP contribution in [-0.4, -0.2) is 49.3 Å². The molecule has 1 heterocycles. The highest BCUT2D eigenvalue weighted by molar-refractivity contribution is 7.71. The van der Waals surface area contributed by atoms with Crippen LogP contribution in [0, 0.1) is 4.77 Å². The predicted molar refractivity (Wildman–Crippen MR) is 89.7 cm³/mol. The average Bonchev–Trinajstić information content (AvgIpc) is 2.49. The predicted octanol–water partition coefficient (Wildman–Crippen LogP) is 2.03. The van der Waals surface area contributed by atoms with Gasteiger partial charge in [-0.2, -0.15) is 0 Å². The van der Waals surface area contributed by atoms with Crippen molar-refractivity contribution in [1.29, 1.82) is 0 Å². The van der Waals surface area contributed by atoms with Crippen molar-refractivity contribution in [3.05, 3.63) is 27.3 Å². The number of benzene rings is 1. The van der Waals surface area contributed by atoms with E-state index in [0.29, 0.717) is 33.7 Å². The van der Waals surface area contributed by atoms with E-state index in [1.54, 1.807) is 30.9 Å². The lowest BCUT2D eigenvalue weighted by Gasteiger charge is -2.13. The molecule has 2 rings (SSSR count). The molecule has 7 heteroatoms. The minimum atomic E-state index is -0.113. The summed E-state index contributed by atoms with van der Waals surface area (Å²) in [6.45, 7) is 1.47. The van der Waals surface area contributed by atoms with E-state index in [4.69, 9.17) is 21.7 Å². The molecule has 22 heavy (non-hydrogen) atoms. The molecule has 0 aliphatic rings. The second kappa shape index (κ2) is 6.93. The van der Waals surface area contributed by atoms with Crippen LogP contribution in [0.2, 0.25) is 0 Å². The number of ether oxygens (including phenoxy) is 2. The van der Waals surface area contributed by atoms with Gasteiger partial charge in [-0.05, 0) is 45.3 Å². The van der Waals surface area contributed by atoms with Gasteiger partial charge in [-0.15, -0.1) is 0 Å². The molecule has 1 N–H and O–H groups in total. The minimum Gasteiger partial charge on any atom is -0.493 e. The Morgan fingerprint density at radius 1 is 1.23 bits per heavy atom. The second-order valence-corrected chi connectivity index (χ2v) is 5.68. The standard InChI is InChI=1S/C15H21N3O3S/c1-17(2)6-5-7-18-14(19)10-8-12(20-3)13(21-4)9-11(10)16-15(18)22/h8-9H,5-7H2,1-4H3,(H,16,22). The third-order valence-electron chi connectivity index (χ3n) is 3.47. The molecule has 120 valence electrons. The summed E-state index contributed by atoms with van der Waals surface area (Å²) >= 11 is 5.31. The third kappa shape index (κ3) is 3.31. The molecule has 0 amide bonds. The number of aromatic nitrogens is 2. The van der Waals surface area contributed by atoms with E-state index in [-0.39, 0.29) is 5.56 Å². The summed E-state index contributed by atoms with van der Waals surface area (Å²) < 4.78 is 12.5. The molecule has 0 aliphatic heterocycles. The summed E-state index contributed by atoms with van der Waals surface area (Å²) in [6.07, 6.45) is 0.850. The maximum Gasteiger partial charge on any atom is 0.262 e. The first-order valence-corrected chi connectivity index (χ1v) is 7.42. The molecule has 0 saturated carbocycles. The second-order valence-electron chi connectivity index (χ2n) is 5.30. The lowest BCUT2D eigenvalue weighted by Crippen LogP contribution is -2.24. The highest BCUT2D eigenvalue weighted by Crippen LogP contribution is 2.29. The zero-order valence-corrected chi connectivity index (χ0v) is 14.1. The van der Waals surface area contributed by atoms with Crippen LogP contribution in [0.3, 0.4) is 0 Å². The highest BCUT2D eigenvalue weighted by atomic mass is 32.1. The Morgan fingerprint density at radius 2 is 1.86 bits per heavy atom. The van der Waals surface area contributed by atoms with Crippen molar-refractivity contribution < 1.29 is 9.47 Å². The Hall–Kier alpha value is -1.86. The molecule has 0 aliphatic carbocycles. The maximum atomic E-state index is 12.7. The molecule has 0 unspecified atom stereocenters. The number of aromatic amines is 1. The number of nitrogens with zero attached hydrogens (tertiary/aromatic N) is 2. The van der Waals surface area contributed by atoms with Gasteiger partial charge in [-0.1, -0.05) is 0 Å². The maximum absolute atomic E-state index is 12.7. The number of nitrogens with one attached hydrogen (secondary N) is 1. The number of hydrogen-bond donors (Lipinski definition) is 1. The Labute approximate surface area is 134 Å². The van der Waals surface area contributed by atoms with E-state index >= 15 is 0 Å². The van der Waals surface area contributed by atoms with Crippen LogP contribution in [0.25, 0.3) is 10.9 Å². The van der Waals surface area contributed by atoms with Crippen LogP contribution in [0.1, 0.15) is 6.42 Å². The molecule has 0 saturated heterocycles. The lowest BCUT2D eigenvalue weighted by atomic mass is 10.2. The van der Waals surface area contributed by atoms with Gasteiger partial charge in [0, 0.05) is 12.6 Å². The van der Waals surface area contributed by atoms with E-state index in [2.05, 4.69) is 9.88 Å². The molecular weight excluding hydrogens is 302 g/mol. The highest BCUT2D eigenvalue weighted by Gasteiger charge is 2.11. The van der Waals surface area contributed by atoms with Gasteiger partial charge in [0.15, 0.2) is 16.3 Å². The van der Waals surface area contributed by atoms with Crippen LogP contribution in [0.5, 0.6) is 11.5 Å². The summed E-state index contributed by atoms with van der Waals surface area (Å²) in [4.78, 5) is 17.8. The SMILES string of the molecule is COc1cc2[nH]c(=S)n(CCCN(C)C)c(=O)c2cc1OC. The third-order valence-corrected chi connectivity index (χ3v) is 3.80. The fourth-order valence-corrected chi connectivity index (χ4v) is 2.61. The van der Waals surface area contributed by atoms with Crippen molar-refractivity contribution in [1.82, 2.24) is 14.5 Å². The summed E-state index contributed by atoms with van der Waals surface area (Å²) in [6, 6.07) is 3.42. The fourth-order valence-electron chi connectivity index (χ4n) is 2.33. The van der Waals surface area contributed by atoms with Crippen molar-refractivity contribution in [2.75, 3.05) is 34.9 Å². The topological polar surface area (TPSA) is 59.5 Å². The van der Waals surface area contributed by atoms with E-state index in [1.165, 1.54) is 0 Å². The number of hydrogen-bond acceptors (Lipinski definition) is 5. The number of rotatable bonds is 6. The molecule has 0 radical (unpaired) electrons. The first-order valence-electron chi connectivity index (χ1n) is 7.01. The van der Waals surface area contributed by atoms with E-state index in [1.807, 2.05) is 14.1 Å². The van der Waals surface area contributed by atoms with E-state index < -0.39 is 0 Å². The van der Waals surface area contributed by atoms with Crippen molar-refractivity contribution in [3.8, 4) is 11.5 Å². The van der Waals surface area contributed by atoms with Crippen LogP contribution >= 0.6 is 12.2 Å². The van der Waals surface area contributed by atoms with E-state index in [9.17, 15) is 4.79 Å². The van der Waals surface area contributed by atoms with Gasteiger partial charge in [0.2, 0.25) is 0 Å². The van der Waals surface area contributed by atoms with Crippen molar-refractivity contribution in [2.24, 2.45) is 0 Å². The molecule has 0 fully saturated rings. The van der Waals surface area contributed by atoms with Crippen LogP contribution in [0.15, 0.2) is 16.9 Å². The fraction of sp³-hybridized carbons (Fsp3) is 0.467. The molecule has 1 aromatic carbocycles. The quantitative estimate of drug-likeness (QED) is 0.824. The van der Waals surface area contributed by atoms with Gasteiger partial charge in [0.25, 0.3) is 5.56 Å². The normalized spacial score (nSPS) is 11.1. The Morgan fingerprint density at radius 3 is 2.45 bits per heavy atom.